The van der Waals surface area contributed by atoms with E-state index in [1.165, 1.54) is 0 Å². The fourth-order valence-corrected chi connectivity index (χ4v) is 2.92. The quantitative estimate of drug-likeness (QED) is 0.765. The maximum absolute atomic E-state index is 12.6. The summed E-state index contributed by atoms with van der Waals surface area (Å²) in [5, 5.41) is 4.33. The lowest BCUT2D eigenvalue weighted by atomic mass is 9.96. The molecule has 1 aromatic carbocycles. The monoisotopic (exact) mass is 364 g/mol. The summed E-state index contributed by atoms with van der Waals surface area (Å²) in [7, 11) is 0. The van der Waals surface area contributed by atoms with Crippen molar-refractivity contribution in [2.45, 2.75) is 45.8 Å². The summed E-state index contributed by atoms with van der Waals surface area (Å²) in [4.78, 5) is 19.2. The summed E-state index contributed by atoms with van der Waals surface area (Å²) in [6, 6.07) is 7.81. The van der Waals surface area contributed by atoms with Crippen LogP contribution in [0.1, 0.15) is 41.9 Å². The van der Waals surface area contributed by atoms with Gasteiger partial charge in [0.2, 0.25) is 0 Å². The van der Waals surface area contributed by atoms with Crippen molar-refractivity contribution < 1.29 is 13.2 Å². The minimum Gasteiger partial charge on any atom is -0.309 e. The summed E-state index contributed by atoms with van der Waals surface area (Å²) in [6.45, 7) is 5.08. The second kappa shape index (κ2) is 6.59. The molecule has 0 aliphatic heterocycles. The minimum absolute atomic E-state index is 0.0776. The molecule has 1 atom stereocenters. The number of H-pyrrole nitrogens is 1. The molecule has 0 fully saturated rings. The summed E-state index contributed by atoms with van der Waals surface area (Å²) >= 11 is 0. The SMILES string of the molecule is Cc1ccc([C@@H](C)c2nn(CCC(F)(F)F)c3c(=O)[nH]c(C)nc23)cc1. The number of aromatic amines is 1. The highest BCUT2D eigenvalue weighted by Crippen LogP contribution is 2.29. The lowest BCUT2D eigenvalue weighted by Gasteiger charge is -2.10. The zero-order chi connectivity index (χ0) is 19.1. The largest absolute Gasteiger partial charge is 0.390 e. The molecule has 0 unspecified atom stereocenters. The van der Waals surface area contributed by atoms with Gasteiger partial charge in [-0.25, -0.2) is 4.98 Å². The molecule has 8 heteroatoms. The Kier molecular flexibility index (Phi) is 4.60. The van der Waals surface area contributed by atoms with Crippen molar-refractivity contribution in [1.29, 1.82) is 0 Å². The van der Waals surface area contributed by atoms with Gasteiger partial charge in [-0.3, -0.25) is 9.48 Å². The van der Waals surface area contributed by atoms with Gasteiger partial charge in [-0.2, -0.15) is 18.3 Å². The van der Waals surface area contributed by atoms with Crippen LogP contribution in [-0.2, 0) is 6.54 Å². The van der Waals surface area contributed by atoms with Crippen molar-refractivity contribution in [3.63, 3.8) is 0 Å². The Hall–Kier alpha value is -2.64. The lowest BCUT2D eigenvalue weighted by molar-refractivity contribution is -0.137. The average Bonchev–Trinajstić information content (AvgIpc) is 2.91. The van der Waals surface area contributed by atoms with Crippen LogP contribution in [0, 0.1) is 13.8 Å². The second-order valence-corrected chi connectivity index (χ2v) is 6.45. The van der Waals surface area contributed by atoms with Gasteiger partial charge in [-0.05, 0) is 19.4 Å². The zero-order valence-corrected chi connectivity index (χ0v) is 14.7. The molecule has 0 aliphatic carbocycles. The molecule has 0 radical (unpaired) electrons. The maximum atomic E-state index is 12.6. The van der Waals surface area contributed by atoms with E-state index < -0.39 is 24.7 Å². The third-order valence-corrected chi connectivity index (χ3v) is 4.34. The zero-order valence-electron chi connectivity index (χ0n) is 14.7. The molecule has 0 bridgehead atoms. The van der Waals surface area contributed by atoms with Gasteiger partial charge in [0.1, 0.15) is 11.3 Å². The topological polar surface area (TPSA) is 63.6 Å². The number of alkyl halides is 3. The smallest absolute Gasteiger partial charge is 0.309 e. The van der Waals surface area contributed by atoms with Gasteiger partial charge in [-0.15, -0.1) is 0 Å². The number of fused-ring (bicyclic) bond motifs is 1. The van der Waals surface area contributed by atoms with Crippen molar-refractivity contribution in [2.75, 3.05) is 0 Å². The maximum Gasteiger partial charge on any atom is 0.390 e. The van der Waals surface area contributed by atoms with Crippen LogP contribution in [0.5, 0.6) is 0 Å². The molecule has 5 nitrogen and oxygen atoms in total. The molecule has 2 heterocycles. The van der Waals surface area contributed by atoms with Crippen molar-refractivity contribution >= 4 is 11.0 Å². The van der Waals surface area contributed by atoms with E-state index >= 15 is 0 Å². The van der Waals surface area contributed by atoms with Crippen LogP contribution in [0.15, 0.2) is 29.1 Å². The van der Waals surface area contributed by atoms with Gasteiger partial charge < -0.3 is 4.98 Å². The molecule has 3 aromatic rings. The van der Waals surface area contributed by atoms with Crippen molar-refractivity contribution in [2.24, 2.45) is 0 Å². The fraction of sp³-hybridized carbons (Fsp3) is 0.389. The summed E-state index contributed by atoms with van der Waals surface area (Å²) < 4.78 is 39.0. The number of rotatable bonds is 4. The molecule has 26 heavy (non-hydrogen) atoms. The predicted molar refractivity (Wildman–Crippen MR) is 92.3 cm³/mol. The van der Waals surface area contributed by atoms with Gasteiger partial charge in [0.25, 0.3) is 5.56 Å². The molecule has 0 spiro atoms. The highest BCUT2D eigenvalue weighted by atomic mass is 19.4. The van der Waals surface area contributed by atoms with Crippen LogP contribution < -0.4 is 5.56 Å². The Morgan fingerprint density at radius 2 is 1.85 bits per heavy atom. The number of benzene rings is 1. The fourth-order valence-electron chi connectivity index (χ4n) is 2.92. The number of halogens is 3. The third kappa shape index (κ3) is 3.63. The molecule has 138 valence electrons. The number of aryl methyl sites for hydroxylation is 3. The predicted octanol–water partition coefficient (Wildman–Crippen LogP) is 3.84. The molecule has 0 amide bonds. The standard InChI is InChI=1S/C18H19F3N4O/c1-10-4-6-13(7-5-10)11(2)14-15-16(17(26)23-12(3)22-15)25(24-14)9-8-18(19,20)21/h4-7,11H,8-9H2,1-3H3,(H,22,23,26)/t11-/m1/s1. The number of hydrogen-bond donors (Lipinski definition) is 1. The second-order valence-electron chi connectivity index (χ2n) is 6.45. The molecule has 2 aromatic heterocycles. The Balaban J connectivity index is 2.12. The van der Waals surface area contributed by atoms with E-state index in [1.54, 1.807) is 6.92 Å². The first kappa shape index (κ1) is 18.2. The first-order valence-corrected chi connectivity index (χ1v) is 8.26. The van der Waals surface area contributed by atoms with Gasteiger partial charge in [0.05, 0.1) is 18.7 Å². The summed E-state index contributed by atoms with van der Waals surface area (Å²) in [5.74, 6) is 0.189. The van der Waals surface area contributed by atoms with E-state index in [0.717, 1.165) is 15.8 Å². The number of aromatic nitrogens is 4. The van der Waals surface area contributed by atoms with E-state index in [1.807, 2.05) is 38.1 Å². The van der Waals surface area contributed by atoms with Crippen LogP contribution in [0.4, 0.5) is 13.2 Å². The van der Waals surface area contributed by atoms with Crippen LogP contribution in [0.25, 0.3) is 11.0 Å². The normalized spacial score (nSPS) is 13.3. The summed E-state index contributed by atoms with van der Waals surface area (Å²) in [6.07, 6.45) is -5.39. The van der Waals surface area contributed by atoms with Gasteiger partial charge in [0, 0.05) is 5.92 Å². The molecule has 0 saturated carbocycles. The first-order valence-electron chi connectivity index (χ1n) is 8.26. The molecular formula is C18H19F3N4O. The van der Waals surface area contributed by atoms with E-state index in [9.17, 15) is 18.0 Å². The molecular weight excluding hydrogens is 345 g/mol. The van der Waals surface area contributed by atoms with E-state index in [4.69, 9.17) is 0 Å². The van der Waals surface area contributed by atoms with Crippen molar-refractivity contribution in [3.8, 4) is 0 Å². The lowest BCUT2D eigenvalue weighted by Crippen LogP contribution is -2.17. The average molecular weight is 364 g/mol. The molecule has 3 rings (SSSR count). The highest BCUT2D eigenvalue weighted by molar-refractivity contribution is 5.77. The van der Waals surface area contributed by atoms with Crippen molar-refractivity contribution in [3.05, 3.63) is 57.3 Å². The van der Waals surface area contributed by atoms with E-state index in [0.29, 0.717) is 17.0 Å². The van der Waals surface area contributed by atoms with Gasteiger partial charge in [-0.1, -0.05) is 36.8 Å². The van der Waals surface area contributed by atoms with E-state index in [-0.39, 0.29) is 11.4 Å². The number of nitrogens with zero attached hydrogens (tertiary/aromatic N) is 3. The van der Waals surface area contributed by atoms with Crippen LogP contribution >= 0.6 is 0 Å². The summed E-state index contributed by atoms with van der Waals surface area (Å²) in [5.41, 5.74) is 2.50. The Labute approximate surface area is 147 Å². The Morgan fingerprint density at radius 1 is 1.19 bits per heavy atom. The number of nitrogens with one attached hydrogen (secondary N) is 1. The number of hydrogen-bond acceptors (Lipinski definition) is 3. The van der Waals surface area contributed by atoms with Crippen LogP contribution in [0.2, 0.25) is 0 Å². The van der Waals surface area contributed by atoms with Gasteiger partial charge >= 0.3 is 6.18 Å². The molecule has 1 N–H and O–H groups in total. The highest BCUT2D eigenvalue weighted by Gasteiger charge is 2.29. The van der Waals surface area contributed by atoms with E-state index in [2.05, 4.69) is 15.1 Å². The third-order valence-electron chi connectivity index (χ3n) is 4.34. The Morgan fingerprint density at radius 3 is 2.46 bits per heavy atom. The van der Waals surface area contributed by atoms with Crippen LogP contribution in [-0.4, -0.2) is 25.9 Å². The minimum atomic E-state index is -4.33. The first-order chi connectivity index (χ1) is 12.2. The van der Waals surface area contributed by atoms with Crippen LogP contribution in [0.3, 0.4) is 0 Å². The van der Waals surface area contributed by atoms with Gasteiger partial charge in [0.15, 0.2) is 5.52 Å². The molecule has 0 aliphatic rings. The van der Waals surface area contributed by atoms with Crippen molar-refractivity contribution in [1.82, 2.24) is 19.7 Å². The Bertz CT molecular complexity index is 987. The molecule has 0 saturated heterocycles.